The van der Waals surface area contributed by atoms with E-state index in [1.54, 1.807) is 25.3 Å². The molecule has 0 heterocycles. The number of rotatable bonds is 5. The second-order valence-corrected chi connectivity index (χ2v) is 4.21. The van der Waals surface area contributed by atoms with Crippen molar-refractivity contribution in [2.24, 2.45) is 0 Å². The maximum atomic E-state index is 10.8. The summed E-state index contributed by atoms with van der Waals surface area (Å²) < 4.78 is 5.23. The number of ether oxygens (including phenoxy) is 1. The van der Waals surface area contributed by atoms with Gasteiger partial charge in [0.1, 0.15) is 0 Å². The van der Waals surface area contributed by atoms with Crippen LogP contribution in [-0.4, -0.2) is 30.3 Å². The van der Waals surface area contributed by atoms with Crippen LogP contribution in [0.4, 0.5) is 5.69 Å². The highest BCUT2D eigenvalue weighted by atomic mass is 16.5. The minimum atomic E-state index is -0.905. The van der Waals surface area contributed by atoms with Gasteiger partial charge in [0.15, 0.2) is 0 Å². The molecule has 0 aliphatic heterocycles. The van der Waals surface area contributed by atoms with Crippen LogP contribution in [0.5, 0.6) is 0 Å². The summed E-state index contributed by atoms with van der Waals surface area (Å²) >= 11 is 0. The normalized spacial score (nSPS) is 14.1. The Morgan fingerprint density at radius 3 is 2.53 bits per heavy atom. The summed E-state index contributed by atoms with van der Waals surface area (Å²) in [4.78, 5) is 10.8. The van der Waals surface area contributed by atoms with Gasteiger partial charge in [0, 0.05) is 18.8 Å². The summed E-state index contributed by atoms with van der Waals surface area (Å²) in [5.41, 5.74) is 2.16. The summed E-state index contributed by atoms with van der Waals surface area (Å²) in [5.74, 6) is -0.905. The zero-order valence-electron chi connectivity index (χ0n) is 10.7. The maximum absolute atomic E-state index is 10.8. The van der Waals surface area contributed by atoms with Gasteiger partial charge in [-0.1, -0.05) is 0 Å². The van der Waals surface area contributed by atoms with Crippen molar-refractivity contribution in [2.75, 3.05) is 12.4 Å². The Labute approximate surface area is 102 Å². The average molecular weight is 237 g/mol. The van der Waals surface area contributed by atoms with Crippen molar-refractivity contribution in [1.29, 1.82) is 0 Å². The molecule has 0 amide bonds. The van der Waals surface area contributed by atoms with Crippen molar-refractivity contribution >= 4 is 11.7 Å². The third-order valence-electron chi connectivity index (χ3n) is 2.93. The first-order valence-electron chi connectivity index (χ1n) is 5.59. The van der Waals surface area contributed by atoms with E-state index in [4.69, 9.17) is 9.84 Å². The molecule has 2 unspecified atom stereocenters. The van der Waals surface area contributed by atoms with Crippen molar-refractivity contribution < 1.29 is 14.6 Å². The monoisotopic (exact) mass is 237 g/mol. The lowest BCUT2D eigenvalue weighted by atomic mass is 10.1. The number of nitrogens with one attached hydrogen (secondary N) is 1. The minimum absolute atomic E-state index is 0.0913. The first-order valence-corrected chi connectivity index (χ1v) is 5.59. The predicted octanol–water partition coefficient (Wildman–Crippen LogP) is 2.53. The van der Waals surface area contributed by atoms with E-state index in [1.165, 1.54) is 0 Å². The van der Waals surface area contributed by atoms with E-state index < -0.39 is 5.97 Å². The van der Waals surface area contributed by atoms with E-state index in [1.807, 2.05) is 20.8 Å². The fourth-order valence-corrected chi connectivity index (χ4v) is 1.53. The quantitative estimate of drug-likeness (QED) is 0.826. The molecule has 0 spiro atoms. The number of methoxy groups -OCH3 is 1. The molecule has 0 saturated carbocycles. The van der Waals surface area contributed by atoms with E-state index in [0.717, 1.165) is 11.3 Å². The maximum Gasteiger partial charge on any atom is 0.335 e. The van der Waals surface area contributed by atoms with Crippen molar-refractivity contribution in [3.05, 3.63) is 29.3 Å². The van der Waals surface area contributed by atoms with Crippen molar-refractivity contribution in [2.45, 2.75) is 32.9 Å². The number of anilines is 1. The van der Waals surface area contributed by atoms with E-state index in [9.17, 15) is 4.79 Å². The van der Waals surface area contributed by atoms with Gasteiger partial charge in [-0.05, 0) is 44.5 Å². The fraction of sp³-hybridized carbons (Fsp3) is 0.462. The number of aromatic carboxylic acids is 1. The number of hydrogen-bond acceptors (Lipinski definition) is 3. The second kappa shape index (κ2) is 5.68. The topological polar surface area (TPSA) is 58.6 Å². The largest absolute Gasteiger partial charge is 0.478 e. The van der Waals surface area contributed by atoms with Gasteiger partial charge < -0.3 is 15.2 Å². The number of carboxylic acids is 1. The highest BCUT2D eigenvalue weighted by Gasteiger charge is 2.12. The molecular weight excluding hydrogens is 218 g/mol. The smallest absolute Gasteiger partial charge is 0.335 e. The SMILES string of the molecule is COC(C)C(C)Nc1ccc(C(=O)O)cc1C. The third-order valence-corrected chi connectivity index (χ3v) is 2.93. The lowest BCUT2D eigenvalue weighted by Crippen LogP contribution is -2.29. The van der Waals surface area contributed by atoms with Gasteiger partial charge in [0.05, 0.1) is 11.7 Å². The van der Waals surface area contributed by atoms with Crippen LogP contribution in [0.3, 0.4) is 0 Å². The molecule has 0 aliphatic carbocycles. The number of carbonyl (C=O) groups is 1. The van der Waals surface area contributed by atoms with E-state index in [2.05, 4.69) is 5.32 Å². The lowest BCUT2D eigenvalue weighted by Gasteiger charge is -2.22. The van der Waals surface area contributed by atoms with Crippen LogP contribution in [0.2, 0.25) is 0 Å². The standard InChI is InChI=1S/C13H19NO3/c1-8-7-11(13(15)16)5-6-12(8)14-9(2)10(3)17-4/h5-7,9-10,14H,1-4H3,(H,15,16). The highest BCUT2D eigenvalue weighted by molar-refractivity contribution is 5.88. The molecule has 0 fully saturated rings. The highest BCUT2D eigenvalue weighted by Crippen LogP contribution is 2.18. The fourth-order valence-electron chi connectivity index (χ4n) is 1.53. The van der Waals surface area contributed by atoms with Crippen LogP contribution < -0.4 is 5.32 Å². The minimum Gasteiger partial charge on any atom is -0.478 e. The van der Waals surface area contributed by atoms with Crippen LogP contribution in [0.1, 0.15) is 29.8 Å². The van der Waals surface area contributed by atoms with E-state index in [0.29, 0.717) is 5.56 Å². The number of benzene rings is 1. The van der Waals surface area contributed by atoms with E-state index >= 15 is 0 Å². The van der Waals surface area contributed by atoms with Crippen molar-refractivity contribution in [3.63, 3.8) is 0 Å². The third kappa shape index (κ3) is 3.46. The van der Waals surface area contributed by atoms with Gasteiger partial charge in [-0.3, -0.25) is 0 Å². The van der Waals surface area contributed by atoms with Gasteiger partial charge in [0.2, 0.25) is 0 Å². The Bertz CT molecular complexity index is 404. The van der Waals surface area contributed by atoms with Crippen LogP contribution in [-0.2, 0) is 4.74 Å². The summed E-state index contributed by atoms with van der Waals surface area (Å²) in [7, 11) is 1.67. The molecule has 0 saturated heterocycles. The number of hydrogen-bond donors (Lipinski definition) is 2. The summed E-state index contributed by atoms with van der Waals surface area (Å²) in [6, 6.07) is 5.21. The van der Waals surface area contributed by atoms with Crippen LogP contribution in [0, 0.1) is 6.92 Å². The Morgan fingerprint density at radius 1 is 1.41 bits per heavy atom. The van der Waals surface area contributed by atoms with Crippen molar-refractivity contribution in [3.8, 4) is 0 Å². The first kappa shape index (κ1) is 13.5. The number of carboxylic acid groups (broad SMARTS) is 1. The Hall–Kier alpha value is -1.55. The molecule has 1 rings (SSSR count). The summed E-state index contributed by atoms with van der Waals surface area (Å²) in [6.45, 7) is 5.90. The molecule has 17 heavy (non-hydrogen) atoms. The zero-order chi connectivity index (χ0) is 13.0. The molecule has 0 aliphatic rings. The lowest BCUT2D eigenvalue weighted by molar-refractivity contribution is 0.0697. The van der Waals surface area contributed by atoms with Crippen LogP contribution in [0.25, 0.3) is 0 Å². The van der Waals surface area contributed by atoms with Gasteiger partial charge in [0.25, 0.3) is 0 Å². The molecule has 1 aromatic carbocycles. The molecule has 0 radical (unpaired) electrons. The van der Waals surface area contributed by atoms with Gasteiger partial charge in [-0.15, -0.1) is 0 Å². The molecule has 1 aromatic rings. The van der Waals surface area contributed by atoms with Gasteiger partial charge in [-0.25, -0.2) is 4.79 Å². The van der Waals surface area contributed by atoms with Gasteiger partial charge in [-0.2, -0.15) is 0 Å². The zero-order valence-corrected chi connectivity index (χ0v) is 10.7. The van der Waals surface area contributed by atoms with Gasteiger partial charge >= 0.3 is 5.97 Å². The second-order valence-electron chi connectivity index (χ2n) is 4.21. The van der Waals surface area contributed by atoms with Crippen LogP contribution in [0.15, 0.2) is 18.2 Å². The molecule has 4 heteroatoms. The molecule has 4 nitrogen and oxygen atoms in total. The summed E-state index contributed by atoms with van der Waals surface area (Å²) in [6.07, 6.45) is 0.0913. The molecule has 2 N–H and O–H groups in total. The molecular formula is C13H19NO3. The summed E-state index contributed by atoms with van der Waals surface area (Å²) in [5, 5.41) is 12.2. The predicted molar refractivity (Wildman–Crippen MR) is 67.7 cm³/mol. The molecule has 94 valence electrons. The molecule has 2 atom stereocenters. The van der Waals surface area contributed by atoms with E-state index in [-0.39, 0.29) is 12.1 Å². The first-order chi connectivity index (χ1) is 7.95. The molecule has 0 aromatic heterocycles. The average Bonchev–Trinajstić information content (AvgIpc) is 2.30. The molecule has 0 bridgehead atoms. The Morgan fingerprint density at radius 2 is 2.06 bits per heavy atom. The Kier molecular flexibility index (Phi) is 4.52. The Balaban J connectivity index is 2.82. The number of aryl methyl sites for hydroxylation is 1. The van der Waals surface area contributed by atoms with Crippen LogP contribution >= 0.6 is 0 Å². The van der Waals surface area contributed by atoms with Crippen molar-refractivity contribution in [1.82, 2.24) is 0 Å².